The maximum atomic E-state index is 8.74. The van der Waals surface area contributed by atoms with Crippen molar-refractivity contribution in [3.8, 4) is 0 Å². The van der Waals surface area contributed by atoms with Crippen molar-refractivity contribution in [3.05, 3.63) is 0 Å². The Morgan fingerprint density at radius 2 is 1.83 bits per heavy atom. The van der Waals surface area contributed by atoms with Gasteiger partial charge in [0.1, 0.15) is 0 Å². The van der Waals surface area contributed by atoms with Gasteiger partial charge in [-0.3, -0.25) is 0 Å². The zero-order valence-electron chi connectivity index (χ0n) is 3.93. The van der Waals surface area contributed by atoms with Crippen LogP contribution in [0.1, 0.15) is 13.8 Å². The summed E-state index contributed by atoms with van der Waals surface area (Å²) in [6.07, 6.45) is 0. The summed E-state index contributed by atoms with van der Waals surface area (Å²) < 4.78 is 0. The summed E-state index contributed by atoms with van der Waals surface area (Å²) in [4.78, 5) is 1.62. The second-order valence-electron chi connectivity index (χ2n) is 1.77. The van der Waals surface area contributed by atoms with E-state index in [0.717, 1.165) is 0 Å². The van der Waals surface area contributed by atoms with E-state index in [0.29, 0.717) is 0 Å². The predicted octanol–water partition coefficient (Wildman–Crippen LogP) is -0.272. The minimum absolute atomic E-state index is 0.639. The summed E-state index contributed by atoms with van der Waals surface area (Å²) >= 11 is 2.61. The molecule has 0 aliphatic carbocycles. The van der Waals surface area contributed by atoms with Crippen LogP contribution in [-0.2, 0) is 0 Å². The second kappa shape index (κ2) is 1.87. The number of hydrogen-bond acceptors (Lipinski definition) is 1. The van der Waals surface area contributed by atoms with E-state index in [2.05, 4.69) is 15.6 Å². The van der Waals surface area contributed by atoms with E-state index >= 15 is 0 Å². The third-order valence-corrected chi connectivity index (χ3v) is 1.50. The molecule has 0 aromatic heterocycles. The number of rotatable bonds is 1. The van der Waals surface area contributed by atoms with Crippen molar-refractivity contribution < 1.29 is 5.11 Å². The topological polar surface area (TPSA) is 20.2 Å². The zero-order chi connectivity index (χ0) is 5.21. The third kappa shape index (κ3) is 4.35. The number of aliphatic hydroxyl groups is 1. The molecular weight excluding hydrogens is 143 g/mol. The van der Waals surface area contributed by atoms with Crippen molar-refractivity contribution in [1.29, 1.82) is 0 Å². The van der Waals surface area contributed by atoms with Gasteiger partial charge in [0.15, 0.2) is 0 Å². The molecule has 0 radical (unpaired) electrons. The Labute approximate surface area is 45.7 Å². The van der Waals surface area contributed by atoms with Crippen LogP contribution in [0.4, 0.5) is 0 Å². The summed E-state index contributed by atoms with van der Waals surface area (Å²) in [6, 6.07) is 0. The Morgan fingerprint density at radius 3 is 1.83 bits per heavy atom. The van der Waals surface area contributed by atoms with Crippen LogP contribution >= 0.6 is 0 Å². The van der Waals surface area contributed by atoms with Gasteiger partial charge in [-0.2, -0.15) is 0 Å². The van der Waals surface area contributed by atoms with Crippen LogP contribution in [-0.4, -0.2) is 31.2 Å². The van der Waals surface area contributed by atoms with Crippen LogP contribution in [0, 0.1) is 0 Å². The Bertz CT molecular complexity index is 53.1. The molecule has 0 bridgehead atoms. The van der Waals surface area contributed by atoms with Gasteiger partial charge in [-0.25, -0.2) is 0 Å². The van der Waals surface area contributed by atoms with E-state index in [-0.39, 0.29) is 0 Å². The van der Waals surface area contributed by atoms with E-state index in [1.54, 1.807) is 18.8 Å². The molecule has 1 nitrogen and oxygen atoms in total. The Balaban J connectivity index is 3.45. The van der Waals surface area contributed by atoms with Gasteiger partial charge in [0, 0.05) is 0 Å². The van der Waals surface area contributed by atoms with E-state index in [1.807, 2.05) is 0 Å². The van der Waals surface area contributed by atoms with Crippen molar-refractivity contribution in [2.24, 2.45) is 0 Å². The van der Waals surface area contributed by atoms with Gasteiger partial charge >= 0.3 is 45.1 Å². The van der Waals surface area contributed by atoms with Gasteiger partial charge in [-0.1, -0.05) is 0 Å². The van der Waals surface area contributed by atoms with Gasteiger partial charge < -0.3 is 0 Å². The quantitative estimate of drug-likeness (QED) is 0.511. The summed E-state index contributed by atoms with van der Waals surface area (Å²) in [5.74, 6) is 0. The predicted molar refractivity (Wildman–Crippen MR) is 28.1 cm³/mol. The van der Waals surface area contributed by atoms with Crippen LogP contribution in [0.15, 0.2) is 0 Å². The fourth-order valence-corrected chi connectivity index (χ4v) is 0. The molecule has 6 heavy (non-hydrogen) atoms. The van der Waals surface area contributed by atoms with Crippen molar-refractivity contribution in [2.75, 3.05) is 0 Å². The first-order valence-corrected chi connectivity index (χ1v) is 2.74. The monoisotopic (exact) mass is 152 g/mol. The molecule has 0 saturated carbocycles. The van der Waals surface area contributed by atoms with Crippen molar-refractivity contribution in [3.63, 3.8) is 0 Å². The molecule has 1 N–H and O–H groups in total. The summed E-state index contributed by atoms with van der Waals surface area (Å²) in [5.41, 5.74) is -0.639. The van der Waals surface area contributed by atoms with Crippen LogP contribution in [0.2, 0.25) is 0 Å². The summed E-state index contributed by atoms with van der Waals surface area (Å²) in [5, 5.41) is 8.74. The first-order chi connectivity index (χ1) is 2.56. The molecule has 0 heterocycles. The average Bonchev–Trinajstić information content (AvgIpc) is 1.35. The first-order valence-electron chi connectivity index (χ1n) is 1.75. The number of hydrogen-bond donors (Lipinski definition) is 1. The van der Waals surface area contributed by atoms with Gasteiger partial charge in [0.05, 0.1) is 0 Å². The fraction of sp³-hybridized carbons (Fsp3) is 0.750. The molecule has 0 atom stereocenters. The second-order valence-corrected chi connectivity index (χ2v) is 2.27. The van der Waals surface area contributed by atoms with E-state index < -0.39 is 5.60 Å². The van der Waals surface area contributed by atoms with E-state index in [9.17, 15) is 0 Å². The van der Waals surface area contributed by atoms with Crippen molar-refractivity contribution in [1.82, 2.24) is 0 Å². The minimum atomic E-state index is -0.639. The molecule has 0 aliphatic rings. The Morgan fingerprint density at radius 1 is 1.67 bits per heavy atom. The van der Waals surface area contributed by atoms with Gasteiger partial charge in [0.25, 0.3) is 0 Å². The molecule has 0 aromatic rings. The molecule has 0 saturated heterocycles. The first kappa shape index (κ1) is 6.35. The van der Waals surface area contributed by atoms with Crippen LogP contribution in [0.25, 0.3) is 0 Å². The molecule has 0 amide bonds. The van der Waals surface area contributed by atoms with Gasteiger partial charge in [0.2, 0.25) is 0 Å². The zero-order valence-corrected chi connectivity index (χ0v) is 5.65. The summed E-state index contributed by atoms with van der Waals surface area (Å²) in [6.45, 7) is 3.42. The van der Waals surface area contributed by atoms with Crippen molar-refractivity contribution in [2.45, 2.75) is 19.4 Å². The van der Waals surface area contributed by atoms with E-state index in [4.69, 9.17) is 5.11 Å². The molecule has 0 spiro atoms. The molecule has 2 heteroatoms. The fourth-order valence-electron chi connectivity index (χ4n) is 0. The molecule has 0 unspecified atom stereocenters. The molecule has 0 aliphatic heterocycles. The van der Waals surface area contributed by atoms with Gasteiger partial charge in [-0.15, -0.1) is 0 Å². The van der Waals surface area contributed by atoms with Crippen LogP contribution < -0.4 is 0 Å². The summed E-state index contributed by atoms with van der Waals surface area (Å²) in [7, 11) is 0. The standard InChI is InChI=1S/C4H8OSe/c1-4(2,5)3-6/h3,5H,1-2H3. The molecule has 0 aromatic carbocycles. The van der Waals surface area contributed by atoms with Gasteiger partial charge in [-0.05, 0) is 0 Å². The molecule has 36 valence electrons. The average molecular weight is 151 g/mol. The maximum absolute atomic E-state index is 8.74. The molecular formula is C4H8OSe. The molecule has 0 fully saturated rings. The Hall–Kier alpha value is 0.349. The SMILES string of the molecule is CC(C)(O)C=[Se]. The van der Waals surface area contributed by atoms with Crippen LogP contribution in [0.3, 0.4) is 0 Å². The Kier molecular flexibility index (Phi) is 1.98. The molecule has 0 rings (SSSR count). The van der Waals surface area contributed by atoms with Crippen LogP contribution in [0.5, 0.6) is 0 Å². The normalized spacial score (nSPS) is 11.2. The third-order valence-electron chi connectivity index (χ3n) is 0.288. The van der Waals surface area contributed by atoms with E-state index in [1.165, 1.54) is 0 Å². The van der Waals surface area contributed by atoms with Crippen molar-refractivity contribution >= 4 is 20.5 Å².